The molecule has 0 fully saturated rings. The Hall–Kier alpha value is -1.61. The number of rotatable bonds is 5. The van der Waals surface area contributed by atoms with Gasteiger partial charge in [0.05, 0.1) is 6.61 Å². The molecule has 0 aliphatic rings. The standard InChI is InChI=1S/C16H23NO2/c1-12(2)7-5-8-13-9-6-10-14(15(13)11-18)16(19)17(3)4/h6-7,9-10,18H,5,8,11H2,1-4H3. The topological polar surface area (TPSA) is 40.5 Å². The van der Waals surface area contributed by atoms with Crippen LogP contribution in [0.2, 0.25) is 0 Å². The number of hydrogen-bond donors (Lipinski definition) is 1. The second-order valence-electron chi connectivity index (χ2n) is 5.12. The van der Waals surface area contributed by atoms with Gasteiger partial charge in [0.15, 0.2) is 0 Å². The molecule has 0 saturated carbocycles. The van der Waals surface area contributed by atoms with Gasteiger partial charge in [0.25, 0.3) is 5.91 Å². The summed E-state index contributed by atoms with van der Waals surface area (Å²) in [6.45, 7) is 4.04. The summed E-state index contributed by atoms with van der Waals surface area (Å²) < 4.78 is 0. The number of hydrogen-bond acceptors (Lipinski definition) is 2. The van der Waals surface area contributed by atoms with Gasteiger partial charge in [-0.2, -0.15) is 0 Å². The molecule has 0 atom stereocenters. The van der Waals surface area contributed by atoms with E-state index in [4.69, 9.17) is 0 Å². The van der Waals surface area contributed by atoms with Crippen LogP contribution >= 0.6 is 0 Å². The number of aliphatic hydroxyl groups excluding tert-OH is 1. The zero-order valence-corrected chi connectivity index (χ0v) is 12.2. The molecule has 0 aromatic heterocycles. The summed E-state index contributed by atoms with van der Waals surface area (Å²) in [5.41, 5.74) is 3.68. The Morgan fingerprint density at radius 1 is 1.32 bits per heavy atom. The lowest BCUT2D eigenvalue weighted by atomic mass is 9.97. The molecular weight excluding hydrogens is 238 g/mol. The second kappa shape index (κ2) is 7.10. The van der Waals surface area contributed by atoms with Crippen LogP contribution < -0.4 is 0 Å². The average molecular weight is 261 g/mol. The average Bonchev–Trinajstić information content (AvgIpc) is 2.36. The summed E-state index contributed by atoms with van der Waals surface area (Å²) in [6, 6.07) is 5.64. The van der Waals surface area contributed by atoms with E-state index in [1.165, 1.54) is 10.5 Å². The third-order valence-electron chi connectivity index (χ3n) is 3.03. The predicted molar refractivity (Wildman–Crippen MR) is 78.1 cm³/mol. The fourth-order valence-electron chi connectivity index (χ4n) is 2.01. The Labute approximate surface area is 115 Å². The monoisotopic (exact) mass is 261 g/mol. The number of aryl methyl sites for hydroxylation is 1. The molecule has 1 N–H and O–H groups in total. The molecule has 104 valence electrons. The van der Waals surface area contributed by atoms with Crippen LogP contribution in [0.25, 0.3) is 0 Å². The van der Waals surface area contributed by atoms with Crippen molar-refractivity contribution in [3.63, 3.8) is 0 Å². The predicted octanol–water partition coefficient (Wildman–Crippen LogP) is 2.78. The molecular formula is C16H23NO2. The fourth-order valence-corrected chi connectivity index (χ4v) is 2.01. The Kier molecular flexibility index (Phi) is 5.77. The van der Waals surface area contributed by atoms with Crippen molar-refractivity contribution in [1.82, 2.24) is 4.90 Å². The van der Waals surface area contributed by atoms with E-state index in [1.807, 2.05) is 12.1 Å². The molecule has 0 aliphatic carbocycles. The number of benzene rings is 1. The molecule has 3 heteroatoms. The maximum Gasteiger partial charge on any atom is 0.253 e. The summed E-state index contributed by atoms with van der Waals surface area (Å²) in [7, 11) is 3.44. The highest BCUT2D eigenvalue weighted by atomic mass is 16.3. The van der Waals surface area contributed by atoms with Crippen molar-refractivity contribution < 1.29 is 9.90 Å². The van der Waals surface area contributed by atoms with Crippen molar-refractivity contribution in [3.05, 3.63) is 46.5 Å². The molecule has 19 heavy (non-hydrogen) atoms. The summed E-state index contributed by atoms with van der Waals surface area (Å²) in [5.74, 6) is -0.0619. The van der Waals surface area contributed by atoms with Gasteiger partial charge in [-0.25, -0.2) is 0 Å². The van der Waals surface area contributed by atoms with Gasteiger partial charge in [-0.15, -0.1) is 0 Å². The SMILES string of the molecule is CC(C)=CCCc1cccc(C(=O)N(C)C)c1CO. The first-order valence-corrected chi connectivity index (χ1v) is 6.54. The fraction of sp³-hybridized carbons (Fsp3) is 0.438. The highest BCUT2D eigenvalue weighted by Crippen LogP contribution is 2.18. The summed E-state index contributed by atoms with van der Waals surface area (Å²) in [4.78, 5) is 13.6. The van der Waals surface area contributed by atoms with Crippen molar-refractivity contribution >= 4 is 5.91 Å². The first kappa shape index (κ1) is 15.4. The van der Waals surface area contributed by atoms with Gasteiger partial charge in [0.2, 0.25) is 0 Å². The van der Waals surface area contributed by atoms with Crippen LogP contribution in [-0.4, -0.2) is 30.0 Å². The van der Waals surface area contributed by atoms with Crippen LogP contribution in [-0.2, 0) is 13.0 Å². The van der Waals surface area contributed by atoms with Crippen LogP contribution in [0.4, 0.5) is 0 Å². The number of carbonyl (C=O) groups is 1. The molecule has 1 aromatic rings. The van der Waals surface area contributed by atoms with Crippen LogP contribution in [0, 0.1) is 0 Å². The molecule has 1 aromatic carbocycles. The van der Waals surface area contributed by atoms with Crippen LogP contribution in [0.15, 0.2) is 29.8 Å². The van der Waals surface area contributed by atoms with Crippen LogP contribution in [0.1, 0.15) is 41.8 Å². The van der Waals surface area contributed by atoms with Gasteiger partial charge >= 0.3 is 0 Å². The highest BCUT2D eigenvalue weighted by Gasteiger charge is 2.15. The lowest BCUT2D eigenvalue weighted by Gasteiger charge is -2.16. The zero-order chi connectivity index (χ0) is 14.4. The van der Waals surface area contributed by atoms with Crippen molar-refractivity contribution in [2.75, 3.05) is 14.1 Å². The molecule has 0 spiro atoms. The maximum atomic E-state index is 12.1. The first-order valence-electron chi connectivity index (χ1n) is 6.54. The smallest absolute Gasteiger partial charge is 0.253 e. The third-order valence-corrected chi connectivity index (χ3v) is 3.03. The summed E-state index contributed by atoms with van der Waals surface area (Å²) >= 11 is 0. The lowest BCUT2D eigenvalue weighted by Crippen LogP contribution is -2.23. The molecule has 0 bridgehead atoms. The maximum absolute atomic E-state index is 12.1. The van der Waals surface area contributed by atoms with Gasteiger partial charge in [0, 0.05) is 19.7 Å². The molecule has 0 saturated heterocycles. The number of amides is 1. The normalized spacial score (nSPS) is 10.2. The largest absolute Gasteiger partial charge is 0.392 e. The quantitative estimate of drug-likeness (QED) is 0.828. The van der Waals surface area contributed by atoms with Gasteiger partial charge in [-0.3, -0.25) is 4.79 Å². The molecule has 0 aliphatic heterocycles. The van der Waals surface area contributed by atoms with Gasteiger partial charge in [-0.05, 0) is 43.9 Å². The van der Waals surface area contributed by atoms with Gasteiger partial charge < -0.3 is 10.0 Å². The highest BCUT2D eigenvalue weighted by molar-refractivity contribution is 5.95. The Morgan fingerprint density at radius 2 is 2.00 bits per heavy atom. The summed E-state index contributed by atoms with van der Waals surface area (Å²) in [6.07, 6.45) is 3.94. The molecule has 0 heterocycles. The Morgan fingerprint density at radius 3 is 2.53 bits per heavy atom. The van der Waals surface area contributed by atoms with Gasteiger partial charge in [-0.1, -0.05) is 23.8 Å². The lowest BCUT2D eigenvalue weighted by molar-refractivity contribution is 0.0824. The number of carbonyl (C=O) groups excluding carboxylic acids is 1. The third kappa shape index (κ3) is 4.21. The van der Waals surface area contributed by atoms with E-state index >= 15 is 0 Å². The molecule has 1 rings (SSSR count). The molecule has 1 amide bonds. The Balaban J connectivity index is 3.03. The minimum Gasteiger partial charge on any atom is -0.392 e. The summed E-state index contributed by atoms with van der Waals surface area (Å²) in [5, 5.41) is 9.55. The first-order chi connectivity index (χ1) is 8.97. The second-order valence-corrected chi connectivity index (χ2v) is 5.12. The number of aliphatic hydroxyl groups is 1. The van der Waals surface area contributed by atoms with E-state index in [-0.39, 0.29) is 12.5 Å². The van der Waals surface area contributed by atoms with E-state index in [0.29, 0.717) is 5.56 Å². The minimum absolute atomic E-state index is 0.0619. The molecule has 3 nitrogen and oxygen atoms in total. The van der Waals surface area contributed by atoms with Crippen molar-refractivity contribution in [2.24, 2.45) is 0 Å². The van der Waals surface area contributed by atoms with E-state index in [2.05, 4.69) is 19.9 Å². The number of nitrogens with zero attached hydrogens (tertiary/aromatic N) is 1. The number of allylic oxidation sites excluding steroid dienone is 2. The van der Waals surface area contributed by atoms with Gasteiger partial charge in [0.1, 0.15) is 0 Å². The van der Waals surface area contributed by atoms with E-state index in [1.54, 1.807) is 20.2 Å². The van der Waals surface area contributed by atoms with Crippen molar-refractivity contribution in [2.45, 2.75) is 33.3 Å². The molecule has 0 unspecified atom stereocenters. The van der Waals surface area contributed by atoms with Crippen molar-refractivity contribution in [1.29, 1.82) is 0 Å². The van der Waals surface area contributed by atoms with Crippen LogP contribution in [0.3, 0.4) is 0 Å². The zero-order valence-electron chi connectivity index (χ0n) is 12.2. The Bertz CT molecular complexity index is 472. The van der Waals surface area contributed by atoms with Crippen molar-refractivity contribution in [3.8, 4) is 0 Å². The minimum atomic E-state index is -0.0973. The van der Waals surface area contributed by atoms with Crippen LogP contribution in [0.5, 0.6) is 0 Å². The van der Waals surface area contributed by atoms with E-state index < -0.39 is 0 Å². The van der Waals surface area contributed by atoms with E-state index in [0.717, 1.165) is 24.0 Å². The molecule has 0 radical (unpaired) electrons. The van der Waals surface area contributed by atoms with E-state index in [9.17, 15) is 9.90 Å².